The summed E-state index contributed by atoms with van der Waals surface area (Å²) in [4.78, 5) is 4.38. The van der Waals surface area contributed by atoms with E-state index in [4.69, 9.17) is 0 Å². The van der Waals surface area contributed by atoms with Crippen molar-refractivity contribution in [1.29, 1.82) is 0 Å². The maximum Gasteiger partial charge on any atom is 0.0935 e. The van der Waals surface area contributed by atoms with Gasteiger partial charge < -0.3 is 9.80 Å². The van der Waals surface area contributed by atoms with Gasteiger partial charge in [0, 0.05) is 36.0 Å². The largest absolute Gasteiger partial charge is 0.358 e. The first-order valence-electron chi connectivity index (χ1n) is 4.17. The fourth-order valence-electron chi connectivity index (χ4n) is 1.11. The van der Waals surface area contributed by atoms with E-state index in [1.54, 1.807) is 0 Å². The molecule has 0 atom stereocenters. The zero-order chi connectivity index (χ0) is 8.10. The van der Waals surface area contributed by atoms with Crippen molar-refractivity contribution >= 4 is 37.2 Å². The first-order valence-corrected chi connectivity index (χ1v) is 4.17. The Bertz CT molecular complexity index is 167. The molecule has 1 aliphatic rings. The summed E-state index contributed by atoms with van der Waals surface area (Å²) in [6.45, 7) is 8.06. The first kappa shape index (κ1) is 24.6. The third kappa shape index (κ3) is 9.40. The van der Waals surface area contributed by atoms with Gasteiger partial charge in [0.2, 0.25) is 0 Å². The molecule has 0 saturated carbocycles. The molecule has 0 aromatic heterocycles. The minimum Gasteiger partial charge on any atom is -0.358 e. The van der Waals surface area contributed by atoms with Crippen molar-refractivity contribution in [3.05, 3.63) is 25.2 Å². The second-order valence-electron chi connectivity index (χ2n) is 2.80. The van der Waals surface area contributed by atoms with E-state index in [1.165, 1.54) is 12.8 Å². The maximum atomic E-state index is 3.71. The number of hydrogen-bond donors (Lipinski definition) is 0. The number of unbranched alkanes of at least 4 members (excludes halogenated alkanes) is 1. The van der Waals surface area contributed by atoms with Gasteiger partial charge in [0.05, 0.1) is 6.67 Å². The van der Waals surface area contributed by atoms with Gasteiger partial charge in [-0.1, -0.05) is 19.9 Å². The van der Waals surface area contributed by atoms with Crippen molar-refractivity contribution < 1.29 is 17.1 Å². The van der Waals surface area contributed by atoms with Gasteiger partial charge in [-0.05, 0) is 12.6 Å². The minimum absolute atomic E-state index is 0. The predicted octanol–water partition coefficient (Wildman–Crippen LogP) is 3.24. The Morgan fingerprint density at radius 2 is 1.87 bits per heavy atom. The summed E-state index contributed by atoms with van der Waals surface area (Å²) in [6.07, 6.45) is 8.57. The van der Waals surface area contributed by atoms with Crippen LogP contribution in [0.2, 0.25) is 0 Å². The smallest absolute Gasteiger partial charge is 0.0935 e. The number of nitrogens with zero attached hydrogens (tertiary/aromatic N) is 2. The SMILES string of the molecule is C=CN1C=CN(CCCC)C1.Cl.Cl.Cl.[Cu]. The van der Waals surface area contributed by atoms with E-state index in [0.717, 1.165) is 13.2 Å². The zero-order valence-electron chi connectivity index (χ0n) is 8.69. The van der Waals surface area contributed by atoms with Gasteiger partial charge in [0.25, 0.3) is 0 Å². The second kappa shape index (κ2) is 14.5. The Hall–Kier alpha value is 0.469. The summed E-state index contributed by atoms with van der Waals surface area (Å²) >= 11 is 0. The molecule has 15 heavy (non-hydrogen) atoms. The van der Waals surface area contributed by atoms with Crippen LogP contribution in [0.1, 0.15) is 19.8 Å². The fraction of sp³-hybridized carbons (Fsp3) is 0.556. The van der Waals surface area contributed by atoms with Crippen molar-refractivity contribution in [2.45, 2.75) is 19.8 Å². The molecule has 0 unspecified atom stereocenters. The Balaban J connectivity index is -0.000000151. The molecule has 1 rings (SSSR count). The van der Waals surface area contributed by atoms with E-state index in [2.05, 4.69) is 35.7 Å². The second-order valence-corrected chi connectivity index (χ2v) is 2.80. The molecule has 1 radical (unpaired) electrons. The third-order valence-corrected chi connectivity index (χ3v) is 1.85. The summed E-state index contributed by atoms with van der Waals surface area (Å²) in [5.41, 5.74) is 0. The van der Waals surface area contributed by atoms with Crippen LogP contribution in [-0.4, -0.2) is 23.0 Å². The van der Waals surface area contributed by atoms with Crippen molar-refractivity contribution in [2.75, 3.05) is 13.2 Å². The van der Waals surface area contributed by atoms with E-state index in [0.29, 0.717) is 0 Å². The Labute approximate surface area is 122 Å². The fourth-order valence-corrected chi connectivity index (χ4v) is 1.11. The Morgan fingerprint density at radius 1 is 1.27 bits per heavy atom. The van der Waals surface area contributed by atoms with Crippen LogP contribution in [0.5, 0.6) is 0 Å². The summed E-state index contributed by atoms with van der Waals surface area (Å²) in [6, 6.07) is 0. The average molecular weight is 325 g/mol. The van der Waals surface area contributed by atoms with Gasteiger partial charge in [-0.15, -0.1) is 37.2 Å². The molecule has 0 aliphatic carbocycles. The van der Waals surface area contributed by atoms with E-state index in [9.17, 15) is 0 Å². The molecule has 0 N–H and O–H groups in total. The molecule has 0 bridgehead atoms. The van der Waals surface area contributed by atoms with Crippen molar-refractivity contribution in [3.8, 4) is 0 Å². The number of halogens is 3. The molecule has 1 aliphatic heterocycles. The Kier molecular flexibility index (Phi) is 23.7. The van der Waals surface area contributed by atoms with Gasteiger partial charge in [-0.2, -0.15) is 0 Å². The molecule has 97 valence electrons. The molecular formula is C9H19Cl3CuN2. The summed E-state index contributed by atoms with van der Waals surface area (Å²) in [5.74, 6) is 0. The van der Waals surface area contributed by atoms with E-state index in [-0.39, 0.29) is 54.3 Å². The van der Waals surface area contributed by atoms with Crippen LogP contribution in [0.3, 0.4) is 0 Å². The van der Waals surface area contributed by atoms with E-state index < -0.39 is 0 Å². The Morgan fingerprint density at radius 3 is 2.27 bits per heavy atom. The molecule has 0 saturated heterocycles. The number of hydrogen-bond acceptors (Lipinski definition) is 2. The number of rotatable bonds is 4. The molecule has 2 nitrogen and oxygen atoms in total. The van der Waals surface area contributed by atoms with Gasteiger partial charge in [-0.3, -0.25) is 0 Å². The van der Waals surface area contributed by atoms with Crippen molar-refractivity contribution in [3.63, 3.8) is 0 Å². The van der Waals surface area contributed by atoms with Crippen molar-refractivity contribution in [1.82, 2.24) is 9.80 Å². The molecule has 0 fully saturated rings. The summed E-state index contributed by atoms with van der Waals surface area (Å²) in [5, 5.41) is 0. The van der Waals surface area contributed by atoms with Gasteiger partial charge in [0.1, 0.15) is 0 Å². The standard InChI is InChI=1S/C9H16N2.3ClH.Cu/c1-3-5-6-11-8-7-10(4-2)9-11;;;;/h4,7-8H,2-3,5-6,9H2,1H3;3*1H;. The van der Waals surface area contributed by atoms with Crippen LogP contribution < -0.4 is 0 Å². The predicted molar refractivity (Wildman–Crippen MR) is 69.4 cm³/mol. The minimum atomic E-state index is 0. The van der Waals surface area contributed by atoms with Crippen LogP contribution in [0, 0.1) is 0 Å². The molecule has 0 aromatic carbocycles. The molecule has 0 spiro atoms. The quantitative estimate of drug-likeness (QED) is 0.732. The molecule has 6 heteroatoms. The van der Waals surface area contributed by atoms with Gasteiger partial charge in [0.15, 0.2) is 0 Å². The van der Waals surface area contributed by atoms with Crippen LogP contribution in [0.25, 0.3) is 0 Å². The van der Waals surface area contributed by atoms with Crippen LogP contribution in [0.15, 0.2) is 25.2 Å². The molecule has 1 heterocycles. The van der Waals surface area contributed by atoms with E-state index in [1.807, 2.05) is 6.20 Å². The van der Waals surface area contributed by atoms with Gasteiger partial charge in [-0.25, -0.2) is 0 Å². The maximum absolute atomic E-state index is 3.71. The molecule has 0 aromatic rings. The van der Waals surface area contributed by atoms with Crippen molar-refractivity contribution in [2.24, 2.45) is 0 Å². The average Bonchev–Trinajstić information content (AvgIpc) is 2.48. The van der Waals surface area contributed by atoms with E-state index >= 15 is 0 Å². The normalized spacial score (nSPS) is 11.8. The zero-order valence-corrected chi connectivity index (χ0v) is 12.1. The monoisotopic (exact) mass is 323 g/mol. The topological polar surface area (TPSA) is 6.48 Å². The molecule has 0 amide bonds. The summed E-state index contributed by atoms with van der Waals surface area (Å²) < 4.78 is 0. The van der Waals surface area contributed by atoms with Gasteiger partial charge >= 0.3 is 0 Å². The third-order valence-electron chi connectivity index (χ3n) is 1.85. The molecular weight excluding hydrogens is 306 g/mol. The van der Waals surface area contributed by atoms with Crippen LogP contribution in [0.4, 0.5) is 0 Å². The van der Waals surface area contributed by atoms with Crippen LogP contribution in [-0.2, 0) is 17.1 Å². The van der Waals surface area contributed by atoms with Crippen LogP contribution >= 0.6 is 37.2 Å². The first-order chi connectivity index (χ1) is 5.36. The summed E-state index contributed by atoms with van der Waals surface area (Å²) in [7, 11) is 0.